The first-order chi connectivity index (χ1) is 10.3. The largest absolute Gasteiger partial charge is 0.337 e. The molecule has 1 amide bonds. The summed E-state index contributed by atoms with van der Waals surface area (Å²) in [7, 11) is 0. The van der Waals surface area contributed by atoms with E-state index in [0.29, 0.717) is 12.6 Å². The molecule has 1 aromatic carbocycles. The predicted octanol–water partition coefficient (Wildman–Crippen LogP) is 1.50. The summed E-state index contributed by atoms with van der Waals surface area (Å²) in [6.07, 6.45) is 4.47. The first-order valence-corrected chi connectivity index (χ1v) is 8.10. The van der Waals surface area contributed by atoms with Gasteiger partial charge in [-0.1, -0.05) is 12.1 Å². The van der Waals surface area contributed by atoms with Gasteiger partial charge in [-0.25, -0.2) is 0 Å². The van der Waals surface area contributed by atoms with E-state index in [0.717, 1.165) is 38.0 Å². The molecule has 4 nitrogen and oxygen atoms in total. The Morgan fingerprint density at radius 2 is 1.90 bits per heavy atom. The lowest BCUT2D eigenvalue weighted by atomic mass is 10.1. The van der Waals surface area contributed by atoms with Gasteiger partial charge in [0, 0.05) is 31.2 Å². The smallest absolute Gasteiger partial charge is 0.253 e. The van der Waals surface area contributed by atoms with Crippen molar-refractivity contribution in [2.24, 2.45) is 5.73 Å². The van der Waals surface area contributed by atoms with Gasteiger partial charge in [0.2, 0.25) is 0 Å². The number of carbonyl (C=O) groups is 1. The second-order valence-electron chi connectivity index (χ2n) is 6.17. The van der Waals surface area contributed by atoms with Gasteiger partial charge in [0.05, 0.1) is 0 Å². The highest BCUT2D eigenvalue weighted by molar-refractivity contribution is 5.94. The number of hydrogen-bond acceptors (Lipinski definition) is 3. The number of carbonyl (C=O) groups excluding carboxylic acids is 1. The van der Waals surface area contributed by atoms with Gasteiger partial charge in [-0.15, -0.1) is 0 Å². The van der Waals surface area contributed by atoms with Crippen molar-refractivity contribution >= 4 is 5.91 Å². The van der Waals surface area contributed by atoms with E-state index >= 15 is 0 Å². The number of amides is 1. The molecule has 2 heterocycles. The monoisotopic (exact) mass is 287 g/mol. The molecule has 4 heteroatoms. The molecule has 2 aliphatic heterocycles. The maximum Gasteiger partial charge on any atom is 0.253 e. The highest BCUT2D eigenvalue weighted by Gasteiger charge is 2.30. The van der Waals surface area contributed by atoms with E-state index in [-0.39, 0.29) is 5.91 Å². The number of nitrogens with two attached hydrogens (primary N) is 1. The number of nitrogens with zero attached hydrogens (tertiary/aromatic N) is 2. The van der Waals surface area contributed by atoms with Crippen LogP contribution in [-0.2, 0) is 6.42 Å². The molecule has 0 radical (unpaired) electrons. The molecule has 2 N–H and O–H groups in total. The summed E-state index contributed by atoms with van der Waals surface area (Å²) in [5, 5.41) is 0. The van der Waals surface area contributed by atoms with Crippen LogP contribution < -0.4 is 5.73 Å². The molecule has 1 unspecified atom stereocenters. The van der Waals surface area contributed by atoms with Crippen molar-refractivity contribution in [2.45, 2.75) is 31.7 Å². The Kier molecular flexibility index (Phi) is 4.56. The van der Waals surface area contributed by atoms with E-state index in [2.05, 4.69) is 4.90 Å². The fourth-order valence-electron chi connectivity index (χ4n) is 3.55. The van der Waals surface area contributed by atoms with Crippen molar-refractivity contribution in [2.75, 3.05) is 32.7 Å². The Bertz CT molecular complexity index is 485. The number of hydrogen-bond donors (Lipinski definition) is 1. The lowest BCUT2D eigenvalue weighted by Gasteiger charge is -2.25. The van der Waals surface area contributed by atoms with E-state index in [4.69, 9.17) is 5.73 Å². The Balaban J connectivity index is 1.68. The second kappa shape index (κ2) is 6.58. The molecule has 2 aliphatic rings. The van der Waals surface area contributed by atoms with Crippen LogP contribution in [0.5, 0.6) is 0 Å². The highest BCUT2D eigenvalue weighted by Crippen LogP contribution is 2.22. The van der Waals surface area contributed by atoms with Gasteiger partial charge in [0.25, 0.3) is 5.91 Å². The molecule has 2 fully saturated rings. The molecule has 0 bridgehead atoms. The van der Waals surface area contributed by atoms with E-state index in [9.17, 15) is 4.79 Å². The van der Waals surface area contributed by atoms with Crippen molar-refractivity contribution in [3.8, 4) is 0 Å². The Morgan fingerprint density at radius 1 is 1.14 bits per heavy atom. The Hall–Kier alpha value is -1.39. The van der Waals surface area contributed by atoms with Gasteiger partial charge in [-0.05, 0) is 56.5 Å². The molecule has 3 rings (SSSR count). The van der Waals surface area contributed by atoms with Crippen molar-refractivity contribution < 1.29 is 4.79 Å². The molecule has 1 aromatic rings. The molecule has 114 valence electrons. The fourth-order valence-corrected chi connectivity index (χ4v) is 3.55. The second-order valence-corrected chi connectivity index (χ2v) is 6.17. The molecular weight excluding hydrogens is 262 g/mol. The molecule has 0 saturated carbocycles. The maximum absolute atomic E-state index is 12.7. The van der Waals surface area contributed by atoms with Crippen LogP contribution in [0.15, 0.2) is 24.3 Å². The molecule has 0 aromatic heterocycles. The lowest BCUT2D eigenvalue weighted by Crippen LogP contribution is -2.39. The van der Waals surface area contributed by atoms with Crippen LogP contribution in [0.4, 0.5) is 0 Å². The average Bonchev–Trinajstić information content (AvgIpc) is 2.85. The SMILES string of the molecule is NCCc1ccc(C(=O)N2CCCN3CCCC3C2)cc1. The minimum absolute atomic E-state index is 0.183. The minimum atomic E-state index is 0.183. The van der Waals surface area contributed by atoms with Gasteiger partial charge in [-0.2, -0.15) is 0 Å². The molecule has 0 spiro atoms. The van der Waals surface area contributed by atoms with E-state index in [1.54, 1.807) is 0 Å². The lowest BCUT2D eigenvalue weighted by molar-refractivity contribution is 0.0743. The van der Waals surface area contributed by atoms with Crippen molar-refractivity contribution in [3.05, 3.63) is 35.4 Å². The van der Waals surface area contributed by atoms with E-state index in [1.165, 1.54) is 24.9 Å². The van der Waals surface area contributed by atoms with E-state index in [1.807, 2.05) is 29.2 Å². The summed E-state index contributed by atoms with van der Waals surface area (Å²) in [5.74, 6) is 0.183. The van der Waals surface area contributed by atoms with Gasteiger partial charge in [-0.3, -0.25) is 9.69 Å². The van der Waals surface area contributed by atoms with Crippen LogP contribution >= 0.6 is 0 Å². The third-order valence-corrected chi connectivity index (χ3v) is 4.72. The standard InChI is InChI=1S/C17H25N3O/c18-9-8-14-4-6-15(7-5-14)17(21)20-12-2-11-19-10-1-3-16(19)13-20/h4-7,16H,1-3,8-13,18H2. The number of rotatable bonds is 3. The molecule has 0 aliphatic carbocycles. The van der Waals surface area contributed by atoms with Crippen LogP contribution in [0.1, 0.15) is 35.2 Å². The van der Waals surface area contributed by atoms with Crippen LogP contribution in [0.2, 0.25) is 0 Å². The van der Waals surface area contributed by atoms with Crippen LogP contribution in [0, 0.1) is 0 Å². The van der Waals surface area contributed by atoms with Crippen molar-refractivity contribution in [3.63, 3.8) is 0 Å². The normalized spacial score (nSPS) is 22.9. The minimum Gasteiger partial charge on any atom is -0.337 e. The zero-order chi connectivity index (χ0) is 14.7. The summed E-state index contributed by atoms with van der Waals surface area (Å²) in [5.41, 5.74) is 7.57. The molecule has 21 heavy (non-hydrogen) atoms. The number of fused-ring (bicyclic) bond motifs is 1. The zero-order valence-corrected chi connectivity index (χ0v) is 12.6. The van der Waals surface area contributed by atoms with Gasteiger partial charge in [0.1, 0.15) is 0 Å². The quantitative estimate of drug-likeness (QED) is 0.916. The fraction of sp³-hybridized carbons (Fsp3) is 0.588. The van der Waals surface area contributed by atoms with Gasteiger partial charge in [0.15, 0.2) is 0 Å². The van der Waals surface area contributed by atoms with Crippen LogP contribution in [-0.4, -0.2) is 54.5 Å². The first-order valence-electron chi connectivity index (χ1n) is 8.10. The van der Waals surface area contributed by atoms with E-state index < -0.39 is 0 Å². The first kappa shape index (κ1) is 14.5. The van der Waals surface area contributed by atoms with Gasteiger partial charge >= 0.3 is 0 Å². The van der Waals surface area contributed by atoms with Gasteiger partial charge < -0.3 is 10.6 Å². The highest BCUT2D eigenvalue weighted by atomic mass is 16.2. The van der Waals surface area contributed by atoms with Crippen molar-refractivity contribution in [1.82, 2.24) is 9.80 Å². The molecule has 1 atom stereocenters. The Morgan fingerprint density at radius 3 is 2.67 bits per heavy atom. The summed E-state index contributed by atoms with van der Waals surface area (Å²) in [6, 6.07) is 8.53. The van der Waals surface area contributed by atoms with Crippen molar-refractivity contribution in [1.29, 1.82) is 0 Å². The third kappa shape index (κ3) is 3.27. The summed E-state index contributed by atoms with van der Waals surface area (Å²) >= 11 is 0. The van der Waals surface area contributed by atoms with Crippen LogP contribution in [0.3, 0.4) is 0 Å². The molecule has 2 saturated heterocycles. The Labute approximate surface area is 126 Å². The summed E-state index contributed by atoms with van der Waals surface area (Å²) < 4.78 is 0. The average molecular weight is 287 g/mol. The maximum atomic E-state index is 12.7. The predicted molar refractivity (Wildman–Crippen MR) is 84.3 cm³/mol. The number of benzene rings is 1. The summed E-state index contributed by atoms with van der Waals surface area (Å²) in [4.78, 5) is 17.3. The van der Waals surface area contributed by atoms with Crippen LogP contribution in [0.25, 0.3) is 0 Å². The topological polar surface area (TPSA) is 49.6 Å². The third-order valence-electron chi connectivity index (χ3n) is 4.72. The summed E-state index contributed by atoms with van der Waals surface area (Å²) in [6.45, 7) is 4.78. The molecular formula is C17H25N3O. The zero-order valence-electron chi connectivity index (χ0n) is 12.6.